The second-order valence-electron chi connectivity index (χ2n) is 6.74. The molecule has 0 saturated heterocycles. The van der Waals surface area contributed by atoms with Gasteiger partial charge in [-0.25, -0.2) is 0 Å². The van der Waals surface area contributed by atoms with E-state index < -0.39 is 5.91 Å². The SMILES string of the molecule is CCc1ccc(NC(=O)/C(C#N)=C/c2cc(Cl)ccc2OCc2ccccc2Cl)cc1. The second-order valence-corrected chi connectivity index (χ2v) is 7.58. The van der Waals surface area contributed by atoms with Crippen molar-refractivity contribution in [2.24, 2.45) is 0 Å². The molecule has 0 unspecified atom stereocenters. The number of nitrogens with one attached hydrogen (secondary N) is 1. The molecule has 0 spiro atoms. The first-order chi connectivity index (χ1) is 15.0. The van der Waals surface area contributed by atoms with Crippen molar-refractivity contribution in [1.29, 1.82) is 5.26 Å². The molecule has 0 atom stereocenters. The Balaban J connectivity index is 1.82. The quantitative estimate of drug-likeness (QED) is 0.322. The van der Waals surface area contributed by atoms with Crippen LogP contribution < -0.4 is 10.1 Å². The molecular weight excluding hydrogens is 431 g/mol. The van der Waals surface area contributed by atoms with Crippen LogP contribution in [-0.2, 0) is 17.8 Å². The van der Waals surface area contributed by atoms with E-state index in [-0.39, 0.29) is 12.2 Å². The maximum Gasteiger partial charge on any atom is 0.266 e. The van der Waals surface area contributed by atoms with E-state index in [0.717, 1.165) is 17.5 Å². The first kappa shape index (κ1) is 22.4. The zero-order chi connectivity index (χ0) is 22.2. The summed E-state index contributed by atoms with van der Waals surface area (Å²) in [5, 5.41) is 13.4. The van der Waals surface area contributed by atoms with Crippen LogP contribution in [0.15, 0.2) is 72.3 Å². The molecule has 0 aliphatic heterocycles. The predicted octanol–water partition coefficient (Wildman–Crippen LogP) is 6.68. The van der Waals surface area contributed by atoms with E-state index in [0.29, 0.717) is 27.0 Å². The fourth-order valence-electron chi connectivity index (χ4n) is 2.86. The first-order valence-corrected chi connectivity index (χ1v) is 10.4. The van der Waals surface area contributed by atoms with Gasteiger partial charge >= 0.3 is 0 Å². The Bertz CT molecular complexity index is 1150. The number of ether oxygens (including phenoxy) is 1. The molecule has 0 fully saturated rings. The van der Waals surface area contributed by atoms with Crippen molar-refractivity contribution in [2.45, 2.75) is 20.0 Å². The average Bonchev–Trinajstić information content (AvgIpc) is 2.78. The lowest BCUT2D eigenvalue weighted by Gasteiger charge is -2.11. The molecule has 156 valence electrons. The third-order valence-corrected chi connectivity index (χ3v) is 5.20. The van der Waals surface area contributed by atoms with Crippen LogP contribution in [0.25, 0.3) is 6.08 Å². The summed E-state index contributed by atoms with van der Waals surface area (Å²) in [6, 6.07) is 21.8. The Kier molecular flexibility index (Phi) is 7.72. The highest BCUT2D eigenvalue weighted by Gasteiger charge is 2.12. The summed E-state index contributed by atoms with van der Waals surface area (Å²) in [6.45, 7) is 2.29. The number of nitrogens with zero attached hydrogens (tertiary/aromatic N) is 1. The van der Waals surface area contributed by atoms with Crippen molar-refractivity contribution in [1.82, 2.24) is 0 Å². The molecule has 0 bridgehead atoms. The molecular formula is C25H20Cl2N2O2. The lowest BCUT2D eigenvalue weighted by molar-refractivity contribution is -0.112. The number of benzene rings is 3. The largest absolute Gasteiger partial charge is 0.488 e. The summed E-state index contributed by atoms with van der Waals surface area (Å²) < 4.78 is 5.90. The topological polar surface area (TPSA) is 62.1 Å². The van der Waals surface area contributed by atoms with E-state index >= 15 is 0 Å². The molecule has 0 aromatic heterocycles. The number of rotatable bonds is 7. The van der Waals surface area contributed by atoms with Gasteiger partial charge in [0.1, 0.15) is 24.0 Å². The van der Waals surface area contributed by atoms with Crippen molar-refractivity contribution >= 4 is 40.9 Å². The number of amides is 1. The lowest BCUT2D eigenvalue weighted by atomic mass is 10.1. The van der Waals surface area contributed by atoms with Crippen LogP contribution in [0.3, 0.4) is 0 Å². The fraction of sp³-hybridized carbons (Fsp3) is 0.120. The minimum absolute atomic E-state index is 0.0653. The van der Waals surface area contributed by atoms with Crippen molar-refractivity contribution < 1.29 is 9.53 Å². The maximum absolute atomic E-state index is 12.6. The van der Waals surface area contributed by atoms with Crippen LogP contribution >= 0.6 is 23.2 Å². The van der Waals surface area contributed by atoms with E-state index in [1.807, 2.05) is 48.5 Å². The highest BCUT2D eigenvalue weighted by Crippen LogP contribution is 2.27. The highest BCUT2D eigenvalue weighted by molar-refractivity contribution is 6.31. The van der Waals surface area contributed by atoms with E-state index in [2.05, 4.69) is 12.2 Å². The van der Waals surface area contributed by atoms with E-state index in [4.69, 9.17) is 27.9 Å². The molecule has 0 saturated carbocycles. The summed E-state index contributed by atoms with van der Waals surface area (Å²) in [5.74, 6) is -0.0269. The van der Waals surface area contributed by atoms with Crippen LogP contribution in [0, 0.1) is 11.3 Å². The second kappa shape index (κ2) is 10.7. The number of anilines is 1. The molecule has 3 aromatic carbocycles. The summed E-state index contributed by atoms with van der Waals surface area (Å²) in [4.78, 5) is 12.6. The number of carbonyl (C=O) groups is 1. The molecule has 1 amide bonds. The summed E-state index contributed by atoms with van der Waals surface area (Å²) >= 11 is 12.3. The molecule has 1 N–H and O–H groups in total. The van der Waals surface area contributed by atoms with Gasteiger partial charge in [0, 0.05) is 26.9 Å². The van der Waals surface area contributed by atoms with Gasteiger partial charge in [0.05, 0.1) is 0 Å². The number of hydrogen-bond acceptors (Lipinski definition) is 3. The molecule has 0 radical (unpaired) electrons. The number of aryl methyl sites for hydroxylation is 1. The molecule has 6 heteroatoms. The van der Waals surface area contributed by atoms with Gasteiger partial charge in [-0.15, -0.1) is 0 Å². The standard InChI is InChI=1S/C25H20Cl2N2O2/c1-2-17-7-10-22(11-8-17)29-25(30)20(15-28)13-19-14-21(26)9-12-24(19)31-16-18-5-3-4-6-23(18)27/h3-14H,2,16H2,1H3,(H,29,30)/b20-13+. The highest BCUT2D eigenvalue weighted by atomic mass is 35.5. The van der Waals surface area contributed by atoms with E-state index in [1.54, 1.807) is 24.3 Å². The molecule has 3 rings (SSSR count). The summed E-state index contributed by atoms with van der Waals surface area (Å²) in [5.41, 5.74) is 3.05. The molecule has 0 aliphatic carbocycles. The van der Waals surface area contributed by atoms with Crippen LogP contribution in [0.5, 0.6) is 5.75 Å². The van der Waals surface area contributed by atoms with Crippen molar-refractivity contribution in [3.8, 4) is 11.8 Å². The Morgan fingerprint density at radius 1 is 1.10 bits per heavy atom. The monoisotopic (exact) mass is 450 g/mol. The normalized spacial score (nSPS) is 11.0. The van der Waals surface area contributed by atoms with Crippen molar-refractivity contribution in [2.75, 3.05) is 5.32 Å². The zero-order valence-corrected chi connectivity index (χ0v) is 18.4. The first-order valence-electron chi connectivity index (χ1n) is 9.68. The van der Waals surface area contributed by atoms with Crippen molar-refractivity contribution in [3.63, 3.8) is 0 Å². The predicted molar refractivity (Wildman–Crippen MR) is 125 cm³/mol. The minimum Gasteiger partial charge on any atom is -0.488 e. The van der Waals surface area contributed by atoms with Gasteiger partial charge < -0.3 is 10.1 Å². The van der Waals surface area contributed by atoms with Gasteiger partial charge in [-0.1, -0.05) is 60.5 Å². The fourth-order valence-corrected chi connectivity index (χ4v) is 3.23. The average molecular weight is 451 g/mol. The van der Waals surface area contributed by atoms with Gasteiger partial charge in [-0.05, 0) is 54.5 Å². The number of nitriles is 1. The van der Waals surface area contributed by atoms with Crippen molar-refractivity contribution in [3.05, 3.63) is 99.0 Å². The number of hydrogen-bond donors (Lipinski definition) is 1. The van der Waals surface area contributed by atoms with Gasteiger partial charge in [0.2, 0.25) is 0 Å². The third-order valence-electron chi connectivity index (χ3n) is 4.60. The molecule has 0 heterocycles. The molecule has 4 nitrogen and oxygen atoms in total. The third kappa shape index (κ3) is 6.11. The van der Waals surface area contributed by atoms with E-state index in [9.17, 15) is 10.1 Å². The number of halogens is 2. The van der Waals surface area contributed by atoms with Gasteiger partial charge in [-0.3, -0.25) is 4.79 Å². The molecule has 0 aliphatic rings. The van der Waals surface area contributed by atoms with Crippen LogP contribution in [0.4, 0.5) is 5.69 Å². The summed E-state index contributed by atoms with van der Waals surface area (Å²) in [6.07, 6.45) is 2.37. The Morgan fingerprint density at radius 2 is 1.84 bits per heavy atom. The molecule has 31 heavy (non-hydrogen) atoms. The summed E-state index contributed by atoms with van der Waals surface area (Å²) in [7, 11) is 0. The minimum atomic E-state index is -0.510. The van der Waals surface area contributed by atoms with E-state index in [1.165, 1.54) is 6.08 Å². The van der Waals surface area contributed by atoms with Crippen LogP contribution in [0.2, 0.25) is 10.0 Å². The molecule has 3 aromatic rings. The Hall–Kier alpha value is -3.26. The Morgan fingerprint density at radius 3 is 2.52 bits per heavy atom. The number of carbonyl (C=O) groups excluding carboxylic acids is 1. The van der Waals surface area contributed by atoms with Crippen LogP contribution in [-0.4, -0.2) is 5.91 Å². The van der Waals surface area contributed by atoms with Gasteiger partial charge in [0.15, 0.2) is 0 Å². The van der Waals surface area contributed by atoms with Crippen LogP contribution in [0.1, 0.15) is 23.6 Å². The zero-order valence-electron chi connectivity index (χ0n) is 16.9. The lowest BCUT2D eigenvalue weighted by Crippen LogP contribution is -2.13. The maximum atomic E-state index is 12.6. The van der Waals surface area contributed by atoms with Gasteiger partial charge in [-0.2, -0.15) is 5.26 Å². The smallest absolute Gasteiger partial charge is 0.266 e. The van der Waals surface area contributed by atoms with Gasteiger partial charge in [0.25, 0.3) is 5.91 Å². The Labute approximate surface area is 191 Å².